The molecule has 12 N–H and O–H groups in total. The van der Waals surface area contributed by atoms with Gasteiger partial charge in [-0.05, 0) is 89.9 Å². The molecule has 3 aliphatic heterocycles. The van der Waals surface area contributed by atoms with E-state index in [0.29, 0.717) is 12.8 Å². The van der Waals surface area contributed by atoms with Crippen molar-refractivity contribution >= 4 is 5.91 Å². The van der Waals surface area contributed by atoms with Gasteiger partial charge in [0.1, 0.15) is 73.2 Å². The van der Waals surface area contributed by atoms with Crippen LogP contribution in [-0.2, 0) is 33.2 Å². The van der Waals surface area contributed by atoms with Gasteiger partial charge in [0.25, 0.3) is 0 Å². The number of rotatable bonds is 46. The van der Waals surface area contributed by atoms with Gasteiger partial charge < -0.3 is 89.9 Å². The number of hydrogen-bond donors (Lipinski definition) is 12. The van der Waals surface area contributed by atoms with Crippen molar-refractivity contribution in [2.24, 2.45) is 0 Å². The molecule has 0 aliphatic carbocycles. The minimum atomic E-state index is -1.98. The summed E-state index contributed by atoms with van der Waals surface area (Å²) < 4.78 is 34.0. The molecule has 3 aliphatic rings. The van der Waals surface area contributed by atoms with Gasteiger partial charge in [0, 0.05) is 6.42 Å². The summed E-state index contributed by atoms with van der Waals surface area (Å²) in [5.41, 5.74) is 0. The summed E-state index contributed by atoms with van der Waals surface area (Å²) in [6.07, 6.45) is 42.7. The van der Waals surface area contributed by atoms with Crippen molar-refractivity contribution in [3.05, 3.63) is 134 Å². The zero-order chi connectivity index (χ0) is 64.0. The lowest BCUT2D eigenvalue weighted by Crippen LogP contribution is -2.66. The molecule has 0 radical (unpaired) electrons. The van der Waals surface area contributed by atoms with Crippen molar-refractivity contribution in [3.8, 4) is 0 Å². The molecule has 0 aromatic carbocycles. The Balaban J connectivity index is 1.27. The lowest BCUT2D eigenvalue weighted by molar-refractivity contribution is -0.379. The van der Waals surface area contributed by atoms with Gasteiger partial charge in [-0.2, -0.15) is 0 Å². The highest BCUT2D eigenvalue weighted by atomic mass is 16.8. The molecule has 3 rings (SSSR count). The van der Waals surface area contributed by atoms with E-state index in [0.717, 1.165) is 122 Å². The number of allylic oxidation sites excluding steroid dienone is 21. The van der Waals surface area contributed by atoms with E-state index in [1.165, 1.54) is 6.42 Å². The van der Waals surface area contributed by atoms with E-state index in [9.17, 15) is 61.0 Å². The second-order valence-corrected chi connectivity index (χ2v) is 22.5. The molecule has 17 unspecified atom stereocenters. The monoisotopic (exact) mass is 1240 g/mol. The Morgan fingerprint density at radius 3 is 1.22 bits per heavy atom. The maximum Gasteiger partial charge on any atom is 0.220 e. The Kier molecular flexibility index (Phi) is 44.1. The molecule has 3 heterocycles. The molecule has 3 saturated heterocycles. The van der Waals surface area contributed by atoms with Gasteiger partial charge in [-0.3, -0.25) is 4.79 Å². The number of nitrogens with one attached hydrogen (secondary N) is 1. The maximum absolute atomic E-state index is 13.2. The molecule has 0 bridgehead atoms. The quantitative estimate of drug-likeness (QED) is 0.0208. The fraction of sp³-hybridized carbons (Fsp3) is 0.667. The van der Waals surface area contributed by atoms with E-state index in [1.54, 1.807) is 6.08 Å². The molecule has 1 amide bonds. The minimum Gasteiger partial charge on any atom is -0.394 e. The van der Waals surface area contributed by atoms with E-state index < -0.39 is 124 Å². The van der Waals surface area contributed by atoms with E-state index in [2.05, 4.69) is 134 Å². The van der Waals surface area contributed by atoms with Crippen molar-refractivity contribution in [1.82, 2.24) is 5.32 Å². The fourth-order valence-electron chi connectivity index (χ4n) is 9.91. The summed E-state index contributed by atoms with van der Waals surface area (Å²) in [4.78, 5) is 13.2. The van der Waals surface area contributed by atoms with Gasteiger partial charge >= 0.3 is 0 Å². The van der Waals surface area contributed by atoms with Gasteiger partial charge in [-0.25, -0.2) is 0 Å². The zero-order valence-corrected chi connectivity index (χ0v) is 52.4. The van der Waals surface area contributed by atoms with Crippen molar-refractivity contribution in [2.45, 2.75) is 266 Å². The third kappa shape index (κ3) is 31.8. The van der Waals surface area contributed by atoms with Gasteiger partial charge in [-0.1, -0.05) is 199 Å². The zero-order valence-electron chi connectivity index (χ0n) is 52.4. The minimum absolute atomic E-state index is 0.222. The van der Waals surface area contributed by atoms with Crippen molar-refractivity contribution < 1.29 is 89.4 Å². The molecule has 17 atom stereocenters. The van der Waals surface area contributed by atoms with Crippen LogP contribution in [0.2, 0.25) is 0 Å². The molecule has 19 heteroatoms. The SMILES string of the molecule is CC/C=C\C/C=C\C/C=C\C/C=C\C/C=C\C/C=C\C/C=C\C/C=C\C/C=C\C/C=C\CCCCCCCCCCC(=O)NC(COC1OC(CO)C(OC2OC(CO)C(OC3OC(CO)C(O)C(O)C3O)C(O)C2O)C(O)C1O)C(O)/C=C/CCCC. The second-order valence-electron chi connectivity index (χ2n) is 22.5. The molecule has 3 fully saturated rings. The number of amides is 1. The molecule has 0 spiro atoms. The van der Waals surface area contributed by atoms with Crippen LogP contribution in [0.25, 0.3) is 0 Å². The number of unbranched alkanes of at least 4 members (excludes halogenated alkanes) is 10. The van der Waals surface area contributed by atoms with Crippen molar-refractivity contribution in [1.29, 1.82) is 0 Å². The van der Waals surface area contributed by atoms with Crippen LogP contribution in [0.5, 0.6) is 0 Å². The summed E-state index contributed by atoms with van der Waals surface area (Å²) in [6.45, 7) is 1.39. The first-order valence-electron chi connectivity index (χ1n) is 32.4. The molecular weight excluding hydrogens is 1130 g/mol. The van der Waals surface area contributed by atoms with Crippen molar-refractivity contribution in [2.75, 3.05) is 26.4 Å². The van der Waals surface area contributed by atoms with Crippen LogP contribution < -0.4 is 5.32 Å². The molecule has 0 saturated carbocycles. The largest absolute Gasteiger partial charge is 0.394 e. The first-order valence-corrected chi connectivity index (χ1v) is 32.4. The first kappa shape index (κ1) is 78.2. The van der Waals surface area contributed by atoms with E-state index in [4.69, 9.17) is 28.4 Å². The van der Waals surface area contributed by atoms with Crippen LogP contribution in [0, 0.1) is 0 Å². The normalized spacial score (nSPS) is 29.3. The summed E-state index contributed by atoms with van der Waals surface area (Å²) in [5.74, 6) is -0.301. The first-order chi connectivity index (χ1) is 42.8. The molecule has 500 valence electrons. The van der Waals surface area contributed by atoms with Crippen LogP contribution in [0.3, 0.4) is 0 Å². The van der Waals surface area contributed by atoms with Gasteiger partial charge in [0.15, 0.2) is 18.9 Å². The molecule has 0 aromatic heterocycles. The van der Waals surface area contributed by atoms with E-state index >= 15 is 0 Å². The predicted octanol–water partition coefficient (Wildman–Crippen LogP) is 7.43. The average Bonchev–Trinajstić information content (AvgIpc) is 1.13. The highest BCUT2D eigenvalue weighted by Crippen LogP contribution is 2.33. The molecular formula is C69H111NO18. The number of aliphatic hydroxyl groups is 11. The van der Waals surface area contributed by atoms with Gasteiger partial charge in [0.2, 0.25) is 5.91 Å². The summed E-state index contributed by atoms with van der Waals surface area (Å²) in [7, 11) is 0. The number of aliphatic hydroxyl groups excluding tert-OH is 11. The predicted molar refractivity (Wildman–Crippen MR) is 341 cm³/mol. The number of ether oxygens (including phenoxy) is 6. The Morgan fingerprint density at radius 1 is 0.420 bits per heavy atom. The van der Waals surface area contributed by atoms with E-state index in [1.807, 2.05) is 13.0 Å². The highest BCUT2D eigenvalue weighted by Gasteiger charge is 2.53. The highest BCUT2D eigenvalue weighted by molar-refractivity contribution is 5.76. The molecule has 19 nitrogen and oxygen atoms in total. The number of hydrogen-bond acceptors (Lipinski definition) is 18. The van der Waals surface area contributed by atoms with Crippen molar-refractivity contribution in [3.63, 3.8) is 0 Å². The Morgan fingerprint density at radius 2 is 0.784 bits per heavy atom. The van der Waals surface area contributed by atoms with Gasteiger partial charge in [0.05, 0.1) is 38.6 Å². The number of carbonyl (C=O) groups is 1. The molecule has 88 heavy (non-hydrogen) atoms. The number of carbonyl (C=O) groups excluding carboxylic acids is 1. The lowest BCUT2D eigenvalue weighted by atomic mass is 9.96. The fourth-order valence-corrected chi connectivity index (χ4v) is 9.91. The van der Waals surface area contributed by atoms with Crippen LogP contribution >= 0.6 is 0 Å². The standard InChI is InChI=1S/C69H111NO18/c1-3-5-7-9-10-11-12-13-14-15-16-17-18-19-20-21-22-23-24-25-26-27-28-29-30-31-32-33-34-35-36-37-38-39-40-41-42-43-45-47-57(75)70-52(53(74)46-44-8-6-4-2)51-83-67-63(81)60(78)65(55(49-72)85-67)88-69-64(82)61(79)66(56(50-73)86-69)87-68-62(80)59(77)58(76)54(48-71)84-68/h5,7,10-11,13-14,16-17,19-20,22-23,25-26,28-29,31-32,34-35,44,46,52-56,58-69,71-74,76-82H,3-4,6,8-9,12,15,18,21,24,27,30,33,36-43,45,47-51H2,1-2H3,(H,70,75)/b7-5-,11-10-,14-13-,17-16-,20-19-,23-22-,26-25-,29-28-,32-31-,35-34-,46-44+. The Hall–Kier alpha value is -4.07. The third-order valence-corrected chi connectivity index (χ3v) is 15.2. The van der Waals surface area contributed by atoms with Crippen LogP contribution in [0.4, 0.5) is 0 Å². The lowest BCUT2D eigenvalue weighted by Gasteiger charge is -2.48. The smallest absolute Gasteiger partial charge is 0.220 e. The summed E-state index contributed by atoms with van der Waals surface area (Å²) >= 11 is 0. The van der Waals surface area contributed by atoms with Crippen LogP contribution in [0.15, 0.2) is 134 Å². The van der Waals surface area contributed by atoms with Crippen LogP contribution in [0.1, 0.15) is 162 Å². The Labute approximate surface area is 524 Å². The summed E-state index contributed by atoms with van der Waals surface area (Å²) in [5, 5.41) is 119. The average molecular weight is 1240 g/mol. The second kappa shape index (κ2) is 49.6. The molecule has 0 aromatic rings. The third-order valence-electron chi connectivity index (χ3n) is 15.2. The topological polar surface area (TPSA) is 307 Å². The van der Waals surface area contributed by atoms with Gasteiger partial charge in [-0.15, -0.1) is 0 Å². The van der Waals surface area contributed by atoms with E-state index in [-0.39, 0.29) is 18.9 Å². The maximum atomic E-state index is 13.2. The Bertz CT molecular complexity index is 2120. The van der Waals surface area contributed by atoms with Crippen LogP contribution in [-0.4, -0.2) is 193 Å². The summed E-state index contributed by atoms with van der Waals surface area (Å²) in [6, 6.07) is -0.982.